The molecule has 1 aliphatic rings. The van der Waals surface area contributed by atoms with E-state index in [0.29, 0.717) is 19.1 Å². The molecular formula is C18H27N5O2. The molecule has 0 aromatic carbocycles. The van der Waals surface area contributed by atoms with E-state index in [-0.39, 0.29) is 6.09 Å². The lowest BCUT2D eigenvalue weighted by Gasteiger charge is -2.34. The number of ether oxygens (including phenoxy) is 1. The smallest absolute Gasteiger partial charge is 0.410 e. The molecule has 136 valence electrons. The van der Waals surface area contributed by atoms with Crippen molar-refractivity contribution in [2.45, 2.75) is 58.7 Å². The molecule has 7 nitrogen and oxygen atoms in total. The number of likely N-dealkylation sites (tertiary alicyclic amines) is 1. The zero-order valence-corrected chi connectivity index (χ0v) is 15.5. The summed E-state index contributed by atoms with van der Waals surface area (Å²) in [6.45, 7) is 9.94. The Hall–Kier alpha value is -2.31. The van der Waals surface area contributed by atoms with E-state index in [2.05, 4.69) is 22.3 Å². The number of piperidine rings is 1. The zero-order chi connectivity index (χ0) is 18.0. The summed E-state index contributed by atoms with van der Waals surface area (Å²) in [5, 5.41) is 9.02. The molecule has 0 spiro atoms. The number of aromatic nitrogens is 3. The first-order valence-corrected chi connectivity index (χ1v) is 8.92. The Morgan fingerprint density at radius 1 is 1.36 bits per heavy atom. The summed E-state index contributed by atoms with van der Waals surface area (Å²) in [5.74, 6) is 0. The predicted octanol–water partition coefficient (Wildman–Crippen LogP) is 3.26. The van der Waals surface area contributed by atoms with Crippen LogP contribution in [0.1, 0.15) is 40.5 Å². The summed E-state index contributed by atoms with van der Waals surface area (Å²) >= 11 is 0. The van der Waals surface area contributed by atoms with Crippen LogP contribution in [0.5, 0.6) is 0 Å². The second kappa shape index (κ2) is 6.90. The third-order valence-electron chi connectivity index (χ3n) is 4.35. The Kier molecular flexibility index (Phi) is 4.83. The number of anilines is 1. The second-order valence-electron chi connectivity index (χ2n) is 7.44. The van der Waals surface area contributed by atoms with Crippen LogP contribution < -0.4 is 5.32 Å². The first-order valence-electron chi connectivity index (χ1n) is 8.92. The molecule has 1 fully saturated rings. The van der Waals surface area contributed by atoms with Gasteiger partial charge in [-0.15, -0.1) is 0 Å². The largest absolute Gasteiger partial charge is 0.444 e. The number of fused-ring (bicyclic) bond motifs is 1. The van der Waals surface area contributed by atoms with Crippen molar-refractivity contribution in [3.63, 3.8) is 0 Å². The van der Waals surface area contributed by atoms with Crippen LogP contribution in [-0.2, 0) is 11.3 Å². The molecule has 0 bridgehead atoms. The number of carbonyl (C=O) groups excluding carboxylic acids is 1. The summed E-state index contributed by atoms with van der Waals surface area (Å²) < 4.78 is 7.35. The van der Waals surface area contributed by atoms with E-state index >= 15 is 0 Å². The molecule has 1 N–H and O–H groups in total. The van der Waals surface area contributed by atoms with Gasteiger partial charge in [-0.25, -0.2) is 14.5 Å². The number of hydrogen-bond acceptors (Lipinski definition) is 5. The van der Waals surface area contributed by atoms with Crippen molar-refractivity contribution in [2.75, 3.05) is 18.4 Å². The lowest BCUT2D eigenvalue weighted by Crippen LogP contribution is -2.44. The molecule has 1 aliphatic heterocycles. The average molecular weight is 345 g/mol. The maximum atomic E-state index is 12.2. The number of amides is 1. The lowest BCUT2D eigenvalue weighted by atomic mass is 10.0. The Bertz CT molecular complexity index is 741. The van der Waals surface area contributed by atoms with E-state index < -0.39 is 5.60 Å². The SMILES string of the molecule is CCn1ncc2c(NC3CCN(C(=O)OC(C)(C)C)CC3)ccnc21. The van der Waals surface area contributed by atoms with Crippen molar-refractivity contribution < 1.29 is 9.53 Å². The zero-order valence-electron chi connectivity index (χ0n) is 15.5. The highest BCUT2D eigenvalue weighted by molar-refractivity contribution is 5.88. The fourth-order valence-corrected chi connectivity index (χ4v) is 3.09. The van der Waals surface area contributed by atoms with Crippen molar-refractivity contribution in [2.24, 2.45) is 0 Å². The van der Waals surface area contributed by atoms with Crippen LogP contribution in [0, 0.1) is 0 Å². The quantitative estimate of drug-likeness (QED) is 0.924. The average Bonchev–Trinajstić information content (AvgIpc) is 2.98. The van der Waals surface area contributed by atoms with E-state index in [1.54, 1.807) is 4.90 Å². The second-order valence-corrected chi connectivity index (χ2v) is 7.44. The van der Waals surface area contributed by atoms with Crippen molar-refractivity contribution in [3.05, 3.63) is 18.5 Å². The highest BCUT2D eigenvalue weighted by Crippen LogP contribution is 2.24. The molecule has 0 radical (unpaired) electrons. The number of aryl methyl sites for hydroxylation is 1. The number of rotatable bonds is 3. The van der Waals surface area contributed by atoms with Crippen molar-refractivity contribution in [3.8, 4) is 0 Å². The molecule has 0 saturated carbocycles. The number of hydrogen-bond donors (Lipinski definition) is 1. The van der Waals surface area contributed by atoms with Crippen LogP contribution in [-0.4, -0.2) is 50.5 Å². The van der Waals surface area contributed by atoms with E-state index in [9.17, 15) is 4.79 Å². The van der Waals surface area contributed by atoms with Crippen LogP contribution in [0.4, 0.5) is 10.5 Å². The topological polar surface area (TPSA) is 72.3 Å². The Morgan fingerprint density at radius 2 is 2.08 bits per heavy atom. The van der Waals surface area contributed by atoms with Gasteiger partial charge < -0.3 is 15.0 Å². The standard InChI is InChI=1S/C18H27N5O2/c1-5-23-16-14(12-20-23)15(6-9-19-16)21-13-7-10-22(11-8-13)17(24)25-18(2,3)4/h6,9,12-13H,5,7-8,10-11H2,1-4H3,(H,19,21). The molecule has 1 saturated heterocycles. The van der Waals surface area contributed by atoms with Crippen LogP contribution in [0.3, 0.4) is 0 Å². The number of pyridine rings is 1. The highest BCUT2D eigenvalue weighted by atomic mass is 16.6. The maximum Gasteiger partial charge on any atom is 0.410 e. The summed E-state index contributed by atoms with van der Waals surface area (Å²) in [6.07, 6.45) is 5.25. The summed E-state index contributed by atoms with van der Waals surface area (Å²) in [4.78, 5) is 18.4. The van der Waals surface area contributed by atoms with Gasteiger partial charge in [0.15, 0.2) is 5.65 Å². The predicted molar refractivity (Wildman–Crippen MR) is 97.7 cm³/mol. The van der Waals surface area contributed by atoms with Gasteiger partial charge in [-0.3, -0.25) is 0 Å². The molecule has 0 atom stereocenters. The molecule has 2 aromatic rings. The van der Waals surface area contributed by atoms with Gasteiger partial charge in [0.25, 0.3) is 0 Å². The molecule has 0 aliphatic carbocycles. The van der Waals surface area contributed by atoms with Crippen molar-refractivity contribution in [1.29, 1.82) is 0 Å². The van der Waals surface area contributed by atoms with Gasteiger partial charge in [0.2, 0.25) is 0 Å². The maximum absolute atomic E-state index is 12.2. The van der Waals surface area contributed by atoms with Gasteiger partial charge >= 0.3 is 6.09 Å². The summed E-state index contributed by atoms with van der Waals surface area (Å²) in [5.41, 5.74) is 1.51. The molecule has 1 amide bonds. The number of carbonyl (C=O) groups is 1. The Morgan fingerprint density at radius 3 is 2.72 bits per heavy atom. The first-order chi connectivity index (χ1) is 11.9. The van der Waals surface area contributed by atoms with E-state index in [1.165, 1.54) is 0 Å². The third-order valence-corrected chi connectivity index (χ3v) is 4.35. The van der Waals surface area contributed by atoms with E-state index in [0.717, 1.165) is 36.1 Å². The molecule has 0 unspecified atom stereocenters. The lowest BCUT2D eigenvalue weighted by molar-refractivity contribution is 0.0210. The molecule has 25 heavy (non-hydrogen) atoms. The molecule has 2 aromatic heterocycles. The highest BCUT2D eigenvalue weighted by Gasteiger charge is 2.27. The van der Waals surface area contributed by atoms with Gasteiger partial charge in [-0.05, 0) is 46.6 Å². The number of nitrogens with zero attached hydrogens (tertiary/aromatic N) is 4. The molecule has 7 heteroatoms. The molecule has 3 heterocycles. The van der Waals surface area contributed by atoms with Crippen LogP contribution in [0.2, 0.25) is 0 Å². The third kappa shape index (κ3) is 4.03. The minimum atomic E-state index is -0.450. The molecule has 3 rings (SSSR count). The van der Waals surface area contributed by atoms with Gasteiger partial charge in [-0.1, -0.05) is 0 Å². The van der Waals surface area contributed by atoms with Gasteiger partial charge in [0, 0.05) is 37.6 Å². The van der Waals surface area contributed by atoms with Gasteiger partial charge in [-0.2, -0.15) is 5.10 Å². The monoisotopic (exact) mass is 345 g/mol. The van der Waals surface area contributed by atoms with Gasteiger partial charge in [0.1, 0.15) is 5.60 Å². The summed E-state index contributed by atoms with van der Waals surface area (Å²) in [7, 11) is 0. The van der Waals surface area contributed by atoms with Crippen molar-refractivity contribution >= 4 is 22.8 Å². The van der Waals surface area contributed by atoms with Gasteiger partial charge in [0.05, 0.1) is 11.6 Å². The normalized spacial score (nSPS) is 16.2. The fourth-order valence-electron chi connectivity index (χ4n) is 3.09. The van der Waals surface area contributed by atoms with Crippen LogP contribution in [0.15, 0.2) is 18.5 Å². The fraction of sp³-hybridized carbons (Fsp3) is 0.611. The van der Waals surface area contributed by atoms with E-state index in [4.69, 9.17) is 4.74 Å². The Balaban J connectivity index is 1.61. The first kappa shape index (κ1) is 17.5. The van der Waals surface area contributed by atoms with Crippen LogP contribution >= 0.6 is 0 Å². The minimum absolute atomic E-state index is 0.221. The van der Waals surface area contributed by atoms with Crippen LogP contribution in [0.25, 0.3) is 11.0 Å². The minimum Gasteiger partial charge on any atom is -0.444 e. The van der Waals surface area contributed by atoms with E-state index in [1.807, 2.05) is 43.9 Å². The Labute approximate surface area is 148 Å². The molecular weight excluding hydrogens is 318 g/mol. The number of nitrogens with one attached hydrogen (secondary N) is 1. The van der Waals surface area contributed by atoms with Crippen molar-refractivity contribution in [1.82, 2.24) is 19.7 Å². The summed E-state index contributed by atoms with van der Waals surface area (Å²) in [6, 6.07) is 2.32.